The Labute approximate surface area is 173 Å². The van der Waals surface area contributed by atoms with E-state index in [-0.39, 0.29) is 18.9 Å². The lowest BCUT2D eigenvalue weighted by molar-refractivity contribution is -0.129. The van der Waals surface area contributed by atoms with E-state index in [1.165, 1.54) is 40.4 Å². The van der Waals surface area contributed by atoms with Crippen LogP contribution < -0.4 is 29.0 Å². The van der Waals surface area contributed by atoms with Gasteiger partial charge in [0.1, 0.15) is 0 Å². The van der Waals surface area contributed by atoms with Crippen LogP contribution >= 0.6 is 0 Å². The van der Waals surface area contributed by atoms with Crippen LogP contribution in [0.15, 0.2) is 30.3 Å². The third-order valence-electron chi connectivity index (χ3n) is 4.46. The average molecular weight is 417 g/mol. The summed E-state index contributed by atoms with van der Waals surface area (Å²) in [5.74, 6) is 1.13. The van der Waals surface area contributed by atoms with Crippen LogP contribution in [0.1, 0.15) is 22.8 Å². The van der Waals surface area contributed by atoms with Crippen LogP contribution in [0, 0.1) is 0 Å². The molecule has 1 aliphatic rings. The van der Waals surface area contributed by atoms with Crippen LogP contribution in [-0.4, -0.2) is 46.1 Å². The molecule has 0 saturated heterocycles. The van der Waals surface area contributed by atoms with Crippen molar-refractivity contribution in [3.63, 3.8) is 0 Å². The van der Waals surface area contributed by atoms with Crippen molar-refractivity contribution in [3.8, 4) is 28.7 Å². The van der Waals surface area contributed by atoms with Crippen molar-refractivity contribution < 1.29 is 38.0 Å². The number of methoxy groups -OCH3 is 3. The van der Waals surface area contributed by atoms with Gasteiger partial charge in [0.25, 0.3) is 5.91 Å². The maximum absolute atomic E-state index is 12.5. The molecular formula is C21H23NO8. The lowest BCUT2D eigenvalue weighted by atomic mass is 10.1. The third-order valence-corrected chi connectivity index (χ3v) is 4.46. The summed E-state index contributed by atoms with van der Waals surface area (Å²) in [6, 6.07) is 8.30. The Morgan fingerprint density at radius 3 is 2.30 bits per heavy atom. The molecule has 3 rings (SSSR count). The fraction of sp³-hybridized carbons (Fsp3) is 0.333. The quantitative estimate of drug-likeness (QED) is 0.653. The van der Waals surface area contributed by atoms with Crippen LogP contribution in [-0.2, 0) is 16.1 Å². The number of esters is 1. The van der Waals surface area contributed by atoms with Gasteiger partial charge in [0, 0.05) is 6.54 Å². The normalized spacial score (nSPS) is 12.7. The largest absolute Gasteiger partial charge is 0.493 e. The number of fused-ring (bicyclic) bond motifs is 1. The van der Waals surface area contributed by atoms with E-state index in [2.05, 4.69) is 5.32 Å². The number of hydrogen-bond acceptors (Lipinski definition) is 8. The molecule has 0 aliphatic carbocycles. The number of amides is 1. The van der Waals surface area contributed by atoms with Crippen LogP contribution in [0.4, 0.5) is 0 Å². The minimum atomic E-state index is -1.01. The molecule has 0 bridgehead atoms. The Kier molecular flexibility index (Phi) is 6.51. The summed E-state index contributed by atoms with van der Waals surface area (Å²) in [6.07, 6.45) is -1.01. The highest BCUT2D eigenvalue weighted by molar-refractivity contribution is 5.93. The van der Waals surface area contributed by atoms with E-state index in [9.17, 15) is 9.59 Å². The van der Waals surface area contributed by atoms with Crippen molar-refractivity contribution in [2.24, 2.45) is 0 Å². The topological polar surface area (TPSA) is 102 Å². The van der Waals surface area contributed by atoms with Crippen molar-refractivity contribution >= 4 is 11.9 Å². The predicted octanol–water partition coefficient (Wildman–Crippen LogP) is 2.30. The average Bonchev–Trinajstić information content (AvgIpc) is 3.23. The van der Waals surface area contributed by atoms with E-state index in [4.69, 9.17) is 28.4 Å². The minimum Gasteiger partial charge on any atom is -0.493 e. The first-order valence-electron chi connectivity index (χ1n) is 9.14. The molecule has 0 radical (unpaired) electrons. The van der Waals surface area contributed by atoms with Gasteiger partial charge in [-0.3, -0.25) is 4.79 Å². The number of benzene rings is 2. The fourth-order valence-electron chi connectivity index (χ4n) is 2.86. The molecule has 0 aromatic heterocycles. The van der Waals surface area contributed by atoms with E-state index in [1.54, 1.807) is 12.1 Å². The summed E-state index contributed by atoms with van der Waals surface area (Å²) in [5.41, 5.74) is 0.996. The van der Waals surface area contributed by atoms with Crippen LogP contribution in [0.2, 0.25) is 0 Å². The number of rotatable bonds is 8. The van der Waals surface area contributed by atoms with E-state index < -0.39 is 18.0 Å². The SMILES string of the molecule is COc1cc(C(=O)O[C@H](C)C(=O)NCc2ccc3c(c2)OCO3)cc(OC)c1OC. The molecule has 0 fully saturated rings. The Morgan fingerprint density at radius 1 is 1.00 bits per heavy atom. The van der Waals surface area contributed by atoms with Gasteiger partial charge in [-0.2, -0.15) is 0 Å². The molecule has 2 aromatic rings. The Morgan fingerprint density at radius 2 is 1.67 bits per heavy atom. The second-order valence-corrected chi connectivity index (χ2v) is 6.37. The summed E-state index contributed by atoms with van der Waals surface area (Å²) < 4.78 is 31.6. The smallest absolute Gasteiger partial charge is 0.339 e. The first-order valence-corrected chi connectivity index (χ1v) is 9.14. The van der Waals surface area contributed by atoms with Crippen molar-refractivity contribution in [1.29, 1.82) is 0 Å². The zero-order valence-electron chi connectivity index (χ0n) is 17.1. The molecule has 160 valence electrons. The van der Waals surface area contributed by atoms with Crippen molar-refractivity contribution in [2.75, 3.05) is 28.1 Å². The standard InChI is InChI=1S/C21H23NO8/c1-12(20(23)22-10-13-5-6-15-16(7-13)29-11-28-15)30-21(24)14-8-17(25-2)19(27-4)18(9-14)26-3/h5-9,12H,10-11H2,1-4H3,(H,22,23)/t12-/m1/s1. The molecule has 1 N–H and O–H groups in total. The maximum atomic E-state index is 12.5. The molecule has 1 amide bonds. The van der Waals surface area contributed by atoms with Gasteiger partial charge in [-0.15, -0.1) is 0 Å². The highest BCUT2D eigenvalue weighted by atomic mass is 16.7. The minimum absolute atomic E-state index is 0.167. The van der Waals surface area contributed by atoms with Gasteiger partial charge in [-0.25, -0.2) is 4.79 Å². The zero-order chi connectivity index (χ0) is 21.7. The van der Waals surface area contributed by atoms with Crippen LogP contribution in [0.3, 0.4) is 0 Å². The molecule has 0 spiro atoms. The Hall–Kier alpha value is -3.62. The lowest BCUT2D eigenvalue weighted by Gasteiger charge is -2.16. The molecule has 0 unspecified atom stereocenters. The predicted molar refractivity (Wildman–Crippen MR) is 105 cm³/mol. The van der Waals surface area contributed by atoms with Gasteiger partial charge in [0.15, 0.2) is 29.1 Å². The number of hydrogen-bond donors (Lipinski definition) is 1. The van der Waals surface area contributed by atoms with Crippen molar-refractivity contribution in [2.45, 2.75) is 19.6 Å². The molecule has 1 aliphatic heterocycles. The Balaban J connectivity index is 1.61. The summed E-state index contributed by atoms with van der Waals surface area (Å²) in [4.78, 5) is 24.9. The monoisotopic (exact) mass is 417 g/mol. The van der Waals surface area contributed by atoms with Crippen LogP contribution in [0.25, 0.3) is 0 Å². The van der Waals surface area contributed by atoms with E-state index in [0.717, 1.165) is 5.56 Å². The van der Waals surface area contributed by atoms with E-state index >= 15 is 0 Å². The van der Waals surface area contributed by atoms with Gasteiger partial charge in [-0.1, -0.05) is 6.07 Å². The van der Waals surface area contributed by atoms with Crippen LogP contribution in [0.5, 0.6) is 28.7 Å². The summed E-state index contributed by atoms with van der Waals surface area (Å²) >= 11 is 0. The van der Waals surface area contributed by atoms with E-state index in [1.807, 2.05) is 6.07 Å². The highest BCUT2D eigenvalue weighted by Gasteiger charge is 2.22. The molecule has 9 nitrogen and oxygen atoms in total. The lowest BCUT2D eigenvalue weighted by Crippen LogP contribution is -2.35. The molecule has 30 heavy (non-hydrogen) atoms. The number of nitrogens with one attached hydrogen (secondary N) is 1. The van der Waals surface area contributed by atoms with Crippen molar-refractivity contribution in [1.82, 2.24) is 5.32 Å². The molecule has 1 heterocycles. The summed E-state index contributed by atoms with van der Waals surface area (Å²) in [6.45, 7) is 1.92. The fourth-order valence-corrected chi connectivity index (χ4v) is 2.86. The number of carbonyl (C=O) groups is 2. The first kappa shape index (κ1) is 21.1. The van der Waals surface area contributed by atoms with Gasteiger partial charge in [0.05, 0.1) is 26.9 Å². The first-order chi connectivity index (χ1) is 14.5. The van der Waals surface area contributed by atoms with Gasteiger partial charge < -0.3 is 33.7 Å². The highest BCUT2D eigenvalue weighted by Crippen LogP contribution is 2.38. The van der Waals surface area contributed by atoms with Gasteiger partial charge in [-0.05, 0) is 36.8 Å². The third kappa shape index (κ3) is 4.51. The molecule has 9 heteroatoms. The van der Waals surface area contributed by atoms with E-state index in [0.29, 0.717) is 28.7 Å². The molecular weight excluding hydrogens is 394 g/mol. The molecule has 2 aromatic carbocycles. The van der Waals surface area contributed by atoms with Gasteiger partial charge >= 0.3 is 5.97 Å². The molecule has 1 atom stereocenters. The second kappa shape index (κ2) is 9.25. The van der Waals surface area contributed by atoms with Crippen molar-refractivity contribution in [3.05, 3.63) is 41.5 Å². The number of ether oxygens (including phenoxy) is 6. The number of carbonyl (C=O) groups excluding carboxylic acids is 2. The maximum Gasteiger partial charge on any atom is 0.339 e. The van der Waals surface area contributed by atoms with Gasteiger partial charge in [0.2, 0.25) is 12.5 Å². The summed E-state index contributed by atoms with van der Waals surface area (Å²) in [5, 5.41) is 2.73. The second-order valence-electron chi connectivity index (χ2n) is 6.37. The molecule has 0 saturated carbocycles. The summed E-state index contributed by atoms with van der Waals surface area (Å²) in [7, 11) is 4.35. The Bertz CT molecular complexity index is 918. The zero-order valence-corrected chi connectivity index (χ0v) is 17.1.